The summed E-state index contributed by atoms with van der Waals surface area (Å²) in [5, 5.41) is 11.9. The van der Waals surface area contributed by atoms with E-state index in [0.29, 0.717) is 24.8 Å². The van der Waals surface area contributed by atoms with Crippen molar-refractivity contribution in [2.45, 2.75) is 53.1 Å². The van der Waals surface area contributed by atoms with E-state index in [9.17, 15) is 9.59 Å². The molecule has 0 bridgehead atoms. The number of nitrogens with one attached hydrogen (secondary N) is 4. The Kier molecular flexibility index (Phi) is 8.78. The van der Waals surface area contributed by atoms with Crippen molar-refractivity contribution in [3.63, 3.8) is 0 Å². The van der Waals surface area contributed by atoms with E-state index in [0.717, 1.165) is 11.3 Å². The molecule has 0 fully saturated rings. The number of amides is 2. The Bertz CT molecular complexity index is 663. The highest BCUT2D eigenvalue weighted by molar-refractivity contribution is 5.91. The molecule has 4 N–H and O–H groups in total. The lowest BCUT2D eigenvalue weighted by molar-refractivity contribution is -0.121. The zero-order valence-corrected chi connectivity index (χ0v) is 17.3. The zero-order chi connectivity index (χ0) is 20.4. The van der Waals surface area contributed by atoms with Crippen LogP contribution in [0.3, 0.4) is 0 Å². The van der Waals surface area contributed by atoms with E-state index in [1.54, 1.807) is 7.05 Å². The van der Waals surface area contributed by atoms with Crippen LogP contribution in [-0.4, -0.2) is 36.9 Å². The van der Waals surface area contributed by atoms with Gasteiger partial charge in [0.1, 0.15) is 0 Å². The number of carbonyl (C=O) groups is 2. The van der Waals surface area contributed by atoms with Crippen molar-refractivity contribution in [3.05, 3.63) is 29.8 Å². The Morgan fingerprint density at radius 3 is 2.41 bits per heavy atom. The molecule has 0 atom stereocenters. The van der Waals surface area contributed by atoms with Gasteiger partial charge in [0.15, 0.2) is 5.96 Å². The fourth-order valence-corrected chi connectivity index (χ4v) is 2.37. The lowest BCUT2D eigenvalue weighted by atomic mass is 10.1. The van der Waals surface area contributed by atoms with Gasteiger partial charge in [-0.2, -0.15) is 0 Å². The van der Waals surface area contributed by atoms with Crippen LogP contribution in [0.2, 0.25) is 0 Å². The molecular formula is C20H33N5O2. The maximum absolute atomic E-state index is 11.9. The molecule has 0 aliphatic carbocycles. The van der Waals surface area contributed by atoms with Gasteiger partial charge in [0.2, 0.25) is 11.8 Å². The molecule has 7 nitrogen and oxygen atoms in total. The number of anilines is 1. The van der Waals surface area contributed by atoms with Crippen LogP contribution in [-0.2, 0) is 16.1 Å². The minimum absolute atomic E-state index is 0.0115. The highest BCUT2D eigenvalue weighted by Gasteiger charge is 2.13. The third-order valence-corrected chi connectivity index (χ3v) is 3.42. The molecule has 1 rings (SSSR count). The zero-order valence-electron chi connectivity index (χ0n) is 17.3. The fraction of sp³-hybridized carbons (Fsp3) is 0.550. The predicted molar refractivity (Wildman–Crippen MR) is 111 cm³/mol. The first-order valence-corrected chi connectivity index (χ1v) is 9.23. The second-order valence-corrected chi connectivity index (χ2v) is 7.92. The Morgan fingerprint density at radius 1 is 1.11 bits per heavy atom. The van der Waals surface area contributed by atoms with Crippen LogP contribution in [0.1, 0.15) is 46.6 Å². The molecule has 150 valence electrons. The summed E-state index contributed by atoms with van der Waals surface area (Å²) in [6, 6.07) is 7.65. The second kappa shape index (κ2) is 10.5. The predicted octanol–water partition coefficient (Wildman–Crippen LogP) is 2.25. The average molecular weight is 376 g/mol. The van der Waals surface area contributed by atoms with Crippen LogP contribution in [0.25, 0.3) is 0 Å². The molecule has 1 aromatic carbocycles. The van der Waals surface area contributed by atoms with E-state index in [-0.39, 0.29) is 23.9 Å². The summed E-state index contributed by atoms with van der Waals surface area (Å²) in [5.74, 6) is 0.769. The monoisotopic (exact) mass is 375 g/mol. The largest absolute Gasteiger partial charge is 0.352 e. The summed E-state index contributed by atoms with van der Waals surface area (Å²) in [5.41, 5.74) is 1.50. The molecular weight excluding hydrogens is 342 g/mol. The smallest absolute Gasteiger partial charge is 0.239 e. The van der Waals surface area contributed by atoms with Crippen molar-refractivity contribution < 1.29 is 9.59 Å². The SMILES string of the molecule is CN=C(NCC(=O)NC(C)(C)C)NCc1cccc(NC(=O)CC(C)C)c1. The molecule has 0 aliphatic rings. The van der Waals surface area contributed by atoms with E-state index < -0.39 is 0 Å². The van der Waals surface area contributed by atoms with Gasteiger partial charge in [-0.1, -0.05) is 26.0 Å². The summed E-state index contributed by atoms with van der Waals surface area (Å²) >= 11 is 0. The van der Waals surface area contributed by atoms with Crippen molar-refractivity contribution in [1.29, 1.82) is 0 Å². The summed E-state index contributed by atoms with van der Waals surface area (Å²) in [6.45, 7) is 10.5. The van der Waals surface area contributed by atoms with Crippen molar-refractivity contribution in [2.75, 3.05) is 18.9 Å². The number of hydrogen-bond acceptors (Lipinski definition) is 3. The molecule has 1 aromatic rings. The number of benzene rings is 1. The number of hydrogen-bond donors (Lipinski definition) is 4. The maximum Gasteiger partial charge on any atom is 0.239 e. The summed E-state index contributed by atoms with van der Waals surface area (Å²) in [7, 11) is 1.65. The van der Waals surface area contributed by atoms with Gasteiger partial charge >= 0.3 is 0 Å². The van der Waals surface area contributed by atoms with Crippen LogP contribution in [0.15, 0.2) is 29.3 Å². The number of carbonyl (C=O) groups excluding carboxylic acids is 2. The normalized spacial score (nSPS) is 11.9. The highest BCUT2D eigenvalue weighted by atomic mass is 16.2. The van der Waals surface area contributed by atoms with Gasteiger partial charge in [0.05, 0.1) is 6.54 Å². The minimum atomic E-state index is -0.268. The van der Waals surface area contributed by atoms with Crippen LogP contribution < -0.4 is 21.3 Å². The highest BCUT2D eigenvalue weighted by Crippen LogP contribution is 2.12. The third-order valence-electron chi connectivity index (χ3n) is 3.42. The Balaban J connectivity index is 2.52. The van der Waals surface area contributed by atoms with Gasteiger partial charge in [-0.25, -0.2) is 0 Å². The Morgan fingerprint density at radius 2 is 1.81 bits per heavy atom. The van der Waals surface area contributed by atoms with Gasteiger partial charge in [-0.05, 0) is 44.4 Å². The molecule has 0 heterocycles. The summed E-state index contributed by atoms with van der Waals surface area (Å²) < 4.78 is 0. The molecule has 0 saturated heterocycles. The number of guanidine groups is 1. The van der Waals surface area contributed by atoms with E-state index >= 15 is 0 Å². The van der Waals surface area contributed by atoms with Crippen molar-refractivity contribution >= 4 is 23.5 Å². The van der Waals surface area contributed by atoms with Crippen LogP contribution >= 0.6 is 0 Å². The second-order valence-electron chi connectivity index (χ2n) is 7.92. The van der Waals surface area contributed by atoms with Crippen molar-refractivity contribution in [1.82, 2.24) is 16.0 Å². The number of aliphatic imine (C=N–C) groups is 1. The molecule has 0 aliphatic heterocycles. The van der Waals surface area contributed by atoms with E-state index in [1.807, 2.05) is 58.9 Å². The Hall–Kier alpha value is -2.57. The standard InChI is InChI=1S/C20H33N5O2/c1-14(2)10-17(26)24-16-9-7-8-15(11-16)12-22-19(21-6)23-13-18(27)25-20(3,4)5/h7-9,11,14H,10,12-13H2,1-6H3,(H,24,26)(H,25,27)(H2,21,22,23). The first-order chi connectivity index (χ1) is 12.6. The molecule has 27 heavy (non-hydrogen) atoms. The first kappa shape index (κ1) is 22.5. The lowest BCUT2D eigenvalue weighted by Gasteiger charge is -2.21. The lowest BCUT2D eigenvalue weighted by Crippen LogP contribution is -2.48. The quantitative estimate of drug-likeness (QED) is 0.434. The van der Waals surface area contributed by atoms with Gasteiger partial charge in [0.25, 0.3) is 0 Å². The van der Waals surface area contributed by atoms with E-state index in [2.05, 4.69) is 26.3 Å². The minimum Gasteiger partial charge on any atom is -0.352 e. The van der Waals surface area contributed by atoms with Crippen molar-refractivity contribution in [2.24, 2.45) is 10.9 Å². The molecule has 7 heteroatoms. The molecule has 0 unspecified atom stereocenters. The first-order valence-electron chi connectivity index (χ1n) is 9.23. The van der Waals surface area contributed by atoms with E-state index in [4.69, 9.17) is 0 Å². The molecule has 0 spiro atoms. The third kappa shape index (κ3) is 10.2. The molecule has 0 radical (unpaired) electrons. The summed E-state index contributed by atoms with van der Waals surface area (Å²) in [4.78, 5) is 27.9. The average Bonchev–Trinajstić information content (AvgIpc) is 2.52. The summed E-state index contributed by atoms with van der Waals surface area (Å²) in [6.07, 6.45) is 0.496. The van der Waals surface area contributed by atoms with Crippen molar-refractivity contribution in [3.8, 4) is 0 Å². The Labute approximate surface area is 162 Å². The molecule has 2 amide bonds. The topological polar surface area (TPSA) is 94.6 Å². The maximum atomic E-state index is 11.9. The van der Waals surface area contributed by atoms with Gasteiger partial charge in [-0.15, -0.1) is 0 Å². The van der Waals surface area contributed by atoms with E-state index in [1.165, 1.54) is 0 Å². The van der Waals surface area contributed by atoms with Crippen LogP contribution in [0.4, 0.5) is 5.69 Å². The van der Waals surface area contributed by atoms with Crippen LogP contribution in [0.5, 0.6) is 0 Å². The fourth-order valence-electron chi connectivity index (χ4n) is 2.37. The van der Waals surface area contributed by atoms with Gasteiger partial charge < -0.3 is 21.3 Å². The van der Waals surface area contributed by atoms with Gasteiger partial charge in [-0.3, -0.25) is 14.6 Å². The molecule has 0 saturated carbocycles. The number of rotatable bonds is 7. The number of nitrogens with zero attached hydrogens (tertiary/aromatic N) is 1. The molecule has 0 aromatic heterocycles. The van der Waals surface area contributed by atoms with Crippen LogP contribution in [0, 0.1) is 5.92 Å². The van der Waals surface area contributed by atoms with Gasteiger partial charge in [0, 0.05) is 31.2 Å².